The lowest BCUT2D eigenvalue weighted by Gasteiger charge is -2.32. The fourth-order valence-corrected chi connectivity index (χ4v) is 6.35. The molecule has 2 aliphatic rings. The number of aromatic amines is 1. The number of halogens is 2. The summed E-state index contributed by atoms with van der Waals surface area (Å²) in [4.78, 5) is 18.9. The van der Waals surface area contributed by atoms with E-state index in [1.54, 1.807) is 43.5 Å². The molecule has 1 saturated heterocycles. The van der Waals surface area contributed by atoms with Crippen LogP contribution < -0.4 is 9.47 Å². The number of H-pyrrole nitrogens is 1. The predicted molar refractivity (Wildman–Crippen MR) is 158 cm³/mol. The number of aromatic nitrogens is 4. The Hall–Kier alpha value is -4.41. The quantitative estimate of drug-likeness (QED) is 0.225. The number of aromatic carboxylic acids is 1. The van der Waals surface area contributed by atoms with E-state index in [2.05, 4.69) is 25.7 Å². The number of carbonyl (C=O) groups is 1. The van der Waals surface area contributed by atoms with E-state index in [-0.39, 0.29) is 11.5 Å². The third kappa shape index (κ3) is 5.10. The highest BCUT2D eigenvalue weighted by Gasteiger charge is 2.43. The highest BCUT2D eigenvalue weighted by molar-refractivity contribution is 6.30. The van der Waals surface area contributed by atoms with E-state index in [1.165, 1.54) is 6.07 Å². The van der Waals surface area contributed by atoms with Crippen LogP contribution in [0.4, 0.5) is 4.39 Å². The lowest BCUT2D eigenvalue weighted by Crippen LogP contribution is -2.34. The molecule has 0 bridgehead atoms. The molecule has 4 heterocycles. The minimum atomic E-state index is -1.29. The van der Waals surface area contributed by atoms with Crippen LogP contribution in [0.5, 0.6) is 11.5 Å². The van der Waals surface area contributed by atoms with Crippen molar-refractivity contribution in [1.82, 2.24) is 24.6 Å². The highest BCUT2D eigenvalue weighted by atomic mass is 35.5. The van der Waals surface area contributed by atoms with Gasteiger partial charge in [-0.2, -0.15) is 5.10 Å². The summed E-state index contributed by atoms with van der Waals surface area (Å²) < 4.78 is 29.4. The maximum atomic E-state index is 14.8. The maximum absolute atomic E-state index is 14.8. The first-order chi connectivity index (χ1) is 20.8. The lowest BCUT2D eigenvalue weighted by atomic mass is 9.88. The number of nitrogens with zero attached hydrogens (tertiary/aromatic N) is 4. The van der Waals surface area contributed by atoms with Crippen molar-refractivity contribution < 1.29 is 23.8 Å². The van der Waals surface area contributed by atoms with Crippen LogP contribution in [0.3, 0.4) is 0 Å². The molecule has 7 rings (SSSR count). The number of carboxylic acids is 1. The van der Waals surface area contributed by atoms with Gasteiger partial charge in [-0.25, -0.2) is 14.2 Å². The molecule has 0 aliphatic carbocycles. The van der Waals surface area contributed by atoms with Crippen molar-refractivity contribution in [2.45, 2.75) is 44.6 Å². The van der Waals surface area contributed by atoms with Gasteiger partial charge in [0.05, 0.1) is 41.4 Å². The van der Waals surface area contributed by atoms with Crippen LogP contribution >= 0.6 is 11.6 Å². The van der Waals surface area contributed by atoms with E-state index in [0.29, 0.717) is 35.2 Å². The minimum absolute atomic E-state index is 0.227. The molecule has 43 heavy (non-hydrogen) atoms. The summed E-state index contributed by atoms with van der Waals surface area (Å²) in [5.74, 6) is -0.357. The van der Waals surface area contributed by atoms with E-state index in [4.69, 9.17) is 26.1 Å². The highest BCUT2D eigenvalue weighted by Crippen LogP contribution is 2.49. The van der Waals surface area contributed by atoms with Gasteiger partial charge in [-0.3, -0.25) is 10.00 Å². The molecule has 0 radical (unpaired) electrons. The summed E-state index contributed by atoms with van der Waals surface area (Å²) >= 11 is 5.97. The zero-order valence-corrected chi connectivity index (χ0v) is 24.1. The Morgan fingerprint density at radius 1 is 1.14 bits per heavy atom. The van der Waals surface area contributed by atoms with Crippen LogP contribution in [0.1, 0.15) is 58.6 Å². The van der Waals surface area contributed by atoms with Gasteiger partial charge in [-0.1, -0.05) is 23.7 Å². The summed E-state index contributed by atoms with van der Waals surface area (Å²) in [7, 11) is 0. The zero-order chi connectivity index (χ0) is 29.7. The number of nitrogens with one attached hydrogen (secondary N) is 1. The Labute approximate surface area is 251 Å². The number of hydrogen-bond acceptors (Lipinski definition) is 6. The van der Waals surface area contributed by atoms with Crippen molar-refractivity contribution in [3.63, 3.8) is 0 Å². The fraction of sp³-hybridized carbons (Fsp3) is 0.281. The maximum Gasteiger partial charge on any atom is 0.335 e. The molecule has 9 nitrogen and oxygen atoms in total. The Kier molecular flexibility index (Phi) is 6.82. The third-order valence-electron chi connectivity index (χ3n) is 8.39. The number of carboxylic acid groups (broad SMARTS) is 1. The van der Waals surface area contributed by atoms with Crippen molar-refractivity contribution in [2.24, 2.45) is 0 Å². The molecule has 0 spiro atoms. The second kappa shape index (κ2) is 10.7. The van der Waals surface area contributed by atoms with Gasteiger partial charge in [0.1, 0.15) is 11.6 Å². The van der Waals surface area contributed by atoms with Crippen molar-refractivity contribution in [3.05, 3.63) is 106 Å². The smallest absolute Gasteiger partial charge is 0.335 e. The number of imidazole rings is 1. The third-order valence-corrected chi connectivity index (χ3v) is 8.63. The van der Waals surface area contributed by atoms with Gasteiger partial charge >= 0.3 is 5.97 Å². The van der Waals surface area contributed by atoms with Crippen molar-refractivity contribution >= 4 is 28.6 Å². The average molecular weight is 602 g/mol. The summed E-state index contributed by atoms with van der Waals surface area (Å²) in [6.45, 7) is 4.56. The van der Waals surface area contributed by atoms with E-state index in [1.807, 2.05) is 18.3 Å². The Morgan fingerprint density at radius 2 is 1.98 bits per heavy atom. The molecule has 11 heteroatoms. The van der Waals surface area contributed by atoms with Gasteiger partial charge < -0.3 is 19.1 Å². The number of ether oxygens (including phenoxy) is 2. The SMILES string of the molecule is CC1(c2ccc(Cl)cc2F)Oc2cccc(C3CCN(Cc4nc5ccc(C(=O)O)cc5n4Cc4cn[nH]c4)CC3)c2O1. The van der Waals surface area contributed by atoms with Crippen LogP contribution in [-0.4, -0.2) is 48.8 Å². The summed E-state index contributed by atoms with van der Waals surface area (Å²) in [6.07, 6.45) is 5.39. The number of rotatable bonds is 7. The second-order valence-corrected chi connectivity index (χ2v) is 11.7. The molecular weight excluding hydrogens is 573 g/mol. The van der Waals surface area contributed by atoms with E-state index >= 15 is 0 Å². The molecule has 0 saturated carbocycles. The Bertz CT molecular complexity index is 1830. The molecule has 3 aromatic carbocycles. The van der Waals surface area contributed by atoms with Crippen LogP contribution in [-0.2, 0) is 18.9 Å². The second-order valence-electron chi connectivity index (χ2n) is 11.2. The molecule has 2 N–H and O–H groups in total. The average Bonchev–Trinajstić information content (AvgIpc) is 3.71. The topological polar surface area (TPSA) is 106 Å². The number of benzene rings is 3. The number of fused-ring (bicyclic) bond motifs is 2. The standard InChI is InChI=1S/C32H29ClFN5O4/c1-32(24-7-6-22(33)14-25(24)34)42-28-4-2-3-23(30(28)43-32)20-9-11-38(12-10-20)18-29-37-26-8-5-21(31(40)41)13-27(26)39(29)17-19-15-35-36-16-19/h2-8,13-16,20H,9-12,17-18H2,1H3,(H,35,36)(H,40,41). The van der Waals surface area contributed by atoms with Gasteiger partial charge in [0.15, 0.2) is 11.5 Å². The molecule has 2 aliphatic heterocycles. The molecule has 1 unspecified atom stereocenters. The molecular formula is C32H29ClFN5O4. The first kappa shape index (κ1) is 27.4. The zero-order valence-electron chi connectivity index (χ0n) is 23.4. The van der Waals surface area contributed by atoms with Crippen molar-refractivity contribution in [1.29, 1.82) is 0 Å². The molecule has 220 valence electrons. The number of likely N-dealkylation sites (tertiary alicyclic amines) is 1. The molecule has 0 amide bonds. The normalized spacial score (nSPS) is 18.9. The number of hydrogen-bond donors (Lipinski definition) is 2. The molecule has 1 atom stereocenters. The Balaban J connectivity index is 1.09. The van der Waals surface area contributed by atoms with Crippen LogP contribution in [0, 0.1) is 5.82 Å². The number of para-hydroxylation sites is 1. The van der Waals surface area contributed by atoms with Gasteiger partial charge in [-0.15, -0.1) is 0 Å². The monoisotopic (exact) mass is 601 g/mol. The minimum Gasteiger partial charge on any atom is -0.478 e. The molecule has 1 fully saturated rings. The Morgan fingerprint density at radius 3 is 2.72 bits per heavy atom. The van der Waals surface area contributed by atoms with Gasteiger partial charge in [0, 0.05) is 29.3 Å². The van der Waals surface area contributed by atoms with Crippen molar-refractivity contribution in [3.8, 4) is 11.5 Å². The van der Waals surface area contributed by atoms with Gasteiger partial charge in [0.2, 0.25) is 0 Å². The van der Waals surface area contributed by atoms with E-state index < -0.39 is 17.6 Å². The van der Waals surface area contributed by atoms with E-state index in [9.17, 15) is 14.3 Å². The lowest BCUT2D eigenvalue weighted by molar-refractivity contribution is -0.0712. The molecule has 2 aromatic heterocycles. The first-order valence-electron chi connectivity index (χ1n) is 14.2. The largest absolute Gasteiger partial charge is 0.478 e. The first-order valence-corrected chi connectivity index (χ1v) is 14.5. The van der Waals surface area contributed by atoms with Gasteiger partial charge in [0.25, 0.3) is 5.79 Å². The summed E-state index contributed by atoms with van der Waals surface area (Å²) in [5, 5.41) is 16.8. The van der Waals surface area contributed by atoms with Crippen molar-refractivity contribution in [2.75, 3.05) is 13.1 Å². The van der Waals surface area contributed by atoms with Crippen LogP contribution in [0.2, 0.25) is 5.02 Å². The fourth-order valence-electron chi connectivity index (χ4n) is 6.19. The predicted octanol–water partition coefficient (Wildman–Crippen LogP) is 6.32. The van der Waals surface area contributed by atoms with Crippen LogP contribution in [0.25, 0.3) is 11.0 Å². The summed E-state index contributed by atoms with van der Waals surface area (Å²) in [5.41, 5.74) is 4.10. The number of piperidine rings is 1. The van der Waals surface area contributed by atoms with Crippen LogP contribution in [0.15, 0.2) is 67.0 Å². The van der Waals surface area contributed by atoms with Gasteiger partial charge in [-0.05, 0) is 74.3 Å². The summed E-state index contributed by atoms with van der Waals surface area (Å²) in [6, 6.07) is 15.4. The molecule has 5 aromatic rings. The van der Waals surface area contributed by atoms with E-state index in [0.717, 1.165) is 53.9 Å².